The highest BCUT2D eigenvalue weighted by Crippen LogP contribution is 2.30. The number of carbonyl (C=O) groups is 1. The molecule has 146 valence electrons. The quantitative estimate of drug-likeness (QED) is 0.545. The normalized spacial score (nSPS) is 10.9. The third-order valence-corrected chi connectivity index (χ3v) is 4.95. The summed E-state index contributed by atoms with van der Waals surface area (Å²) in [5.41, 5.74) is 3.30. The number of fused-ring (bicyclic) bond motifs is 1. The van der Waals surface area contributed by atoms with Gasteiger partial charge in [0.2, 0.25) is 0 Å². The Morgan fingerprint density at radius 1 is 1.24 bits per heavy atom. The van der Waals surface area contributed by atoms with Crippen molar-refractivity contribution in [2.24, 2.45) is 0 Å². The number of nitrogens with one attached hydrogen (secondary N) is 1. The van der Waals surface area contributed by atoms with Crippen LogP contribution in [-0.2, 0) is 6.54 Å². The van der Waals surface area contributed by atoms with Crippen LogP contribution in [-0.4, -0.2) is 32.8 Å². The second kappa shape index (κ2) is 7.89. The van der Waals surface area contributed by atoms with Gasteiger partial charge < -0.3 is 10.1 Å². The lowest BCUT2D eigenvalue weighted by molar-refractivity contribution is 0.0951. The SMILES string of the molecule is COc1cccc(-n2nc(C)c3c(Cl)c(C(=O)NCc4ccncc4)cnc32)c1. The number of aryl methyl sites for hydroxylation is 1. The molecular formula is C21H18ClN5O2. The molecule has 4 rings (SSSR count). The lowest BCUT2D eigenvalue weighted by Gasteiger charge is -2.08. The van der Waals surface area contributed by atoms with Gasteiger partial charge in [-0.3, -0.25) is 9.78 Å². The molecule has 0 fully saturated rings. The number of pyridine rings is 2. The minimum absolute atomic E-state index is 0.297. The first-order valence-electron chi connectivity index (χ1n) is 8.94. The van der Waals surface area contributed by atoms with Crippen LogP contribution in [0.1, 0.15) is 21.6 Å². The van der Waals surface area contributed by atoms with E-state index < -0.39 is 0 Å². The maximum atomic E-state index is 12.7. The van der Waals surface area contributed by atoms with Crippen molar-refractivity contribution < 1.29 is 9.53 Å². The van der Waals surface area contributed by atoms with Crippen LogP contribution in [0.25, 0.3) is 16.7 Å². The van der Waals surface area contributed by atoms with E-state index in [1.165, 1.54) is 6.20 Å². The number of aromatic nitrogens is 4. The summed E-state index contributed by atoms with van der Waals surface area (Å²) in [6.07, 6.45) is 4.83. The molecule has 0 saturated carbocycles. The molecule has 1 N–H and O–H groups in total. The average Bonchev–Trinajstić information content (AvgIpc) is 3.10. The van der Waals surface area contributed by atoms with E-state index in [2.05, 4.69) is 20.4 Å². The fourth-order valence-corrected chi connectivity index (χ4v) is 3.42. The van der Waals surface area contributed by atoms with E-state index in [9.17, 15) is 4.79 Å². The molecule has 0 bridgehead atoms. The third kappa shape index (κ3) is 3.64. The first-order valence-corrected chi connectivity index (χ1v) is 9.31. The van der Waals surface area contributed by atoms with E-state index in [1.54, 1.807) is 24.2 Å². The van der Waals surface area contributed by atoms with E-state index in [1.807, 2.05) is 43.3 Å². The van der Waals surface area contributed by atoms with Crippen LogP contribution >= 0.6 is 11.6 Å². The number of rotatable bonds is 5. The molecule has 7 nitrogen and oxygen atoms in total. The molecule has 0 spiro atoms. The summed E-state index contributed by atoms with van der Waals surface area (Å²) in [5.74, 6) is 0.414. The number of amides is 1. The highest BCUT2D eigenvalue weighted by atomic mass is 35.5. The smallest absolute Gasteiger partial charge is 0.254 e. The maximum absolute atomic E-state index is 12.7. The number of benzene rings is 1. The average molecular weight is 408 g/mol. The van der Waals surface area contributed by atoms with Crippen molar-refractivity contribution in [3.63, 3.8) is 0 Å². The second-order valence-corrected chi connectivity index (χ2v) is 6.80. The minimum atomic E-state index is -0.297. The van der Waals surface area contributed by atoms with Gasteiger partial charge in [0.25, 0.3) is 5.91 Å². The maximum Gasteiger partial charge on any atom is 0.254 e. The Labute approximate surface area is 172 Å². The zero-order valence-electron chi connectivity index (χ0n) is 15.9. The summed E-state index contributed by atoms with van der Waals surface area (Å²) in [6, 6.07) is 11.2. The predicted molar refractivity (Wildman–Crippen MR) is 111 cm³/mol. The van der Waals surface area contributed by atoms with Gasteiger partial charge in [-0.25, -0.2) is 9.67 Å². The standard InChI is InChI=1S/C21H18ClN5O2/c1-13-18-19(22)17(21(28)25-11-14-6-8-23-9-7-14)12-24-20(18)27(26-13)15-4-3-5-16(10-15)29-2/h3-10,12H,11H2,1-2H3,(H,25,28). The molecule has 1 amide bonds. The molecule has 3 aromatic heterocycles. The van der Waals surface area contributed by atoms with E-state index >= 15 is 0 Å². The molecule has 8 heteroatoms. The number of nitrogens with zero attached hydrogens (tertiary/aromatic N) is 4. The van der Waals surface area contributed by atoms with Gasteiger partial charge in [-0.2, -0.15) is 5.10 Å². The predicted octanol–water partition coefficient (Wildman–Crippen LogP) is 3.72. The Balaban J connectivity index is 1.69. The van der Waals surface area contributed by atoms with Crippen molar-refractivity contribution in [1.82, 2.24) is 25.1 Å². The summed E-state index contributed by atoms with van der Waals surface area (Å²) >= 11 is 6.59. The second-order valence-electron chi connectivity index (χ2n) is 6.42. The number of methoxy groups -OCH3 is 1. The number of hydrogen-bond donors (Lipinski definition) is 1. The fourth-order valence-electron chi connectivity index (χ4n) is 3.07. The molecule has 0 radical (unpaired) electrons. The third-order valence-electron chi connectivity index (χ3n) is 4.55. The molecular weight excluding hydrogens is 390 g/mol. The summed E-state index contributed by atoms with van der Waals surface area (Å²) in [4.78, 5) is 21.1. The van der Waals surface area contributed by atoms with Crippen molar-refractivity contribution in [1.29, 1.82) is 0 Å². The van der Waals surface area contributed by atoms with Crippen LogP contribution in [0.3, 0.4) is 0 Å². The summed E-state index contributed by atoms with van der Waals surface area (Å²) in [5, 5.41) is 8.40. The molecule has 0 aliphatic heterocycles. The van der Waals surface area contributed by atoms with Crippen molar-refractivity contribution >= 4 is 28.5 Å². The topological polar surface area (TPSA) is 81.9 Å². The summed E-state index contributed by atoms with van der Waals surface area (Å²) in [6.45, 7) is 2.21. The van der Waals surface area contributed by atoms with Gasteiger partial charge in [0.15, 0.2) is 5.65 Å². The van der Waals surface area contributed by atoms with Gasteiger partial charge in [0, 0.05) is 31.2 Å². The molecule has 0 aliphatic rings. The Morgan fingerprint density at radius 2 is 2.03 bits per heavy atom. The molecule has 0 aliphatic carbocycles. The number of halogens is 1. The van der Waals surface area contributed by atoms with Crippen molar-refractivity contribution in [3.05, 3.63) is 76.8 Å². The molecule has 0 atom stereocenters. The van der Waals surface area contributed by atoms with Gasteiger partial charge >= 0.3 is 0 Å². The van der Waals surface area contributed by atoms with Crippen LogP contribution in [0, 0.1) is 6.92 Å². The number of carbonyl (C=O) groups excluding carboxylic acids is 1. The largest absolute Gasteiger partial charge is 0.497 e. The molecule has 0 unspecified atom stereocenters. The Morgan fingerprint density at radius 3 is 2.79 bits per heavy atom. The first kappa shape index (κ1) is 18.9. The Hall–Kier alpha value is -3.45. The Bertz CT molecular complexity index is 1190. The summed E-state index contributed by atoms with van der Waals surface area (Å²) in [7, 11) is 1.61. The zero-order chi connectivity index (χ0) is 20.4. The van der Waals surface area contributed by atoms with E-state index in [-0.39, 0.29) is 5.91 Å². The highest BCUT2D eigenvalue weighted by Gasteiger charge is 2.20. The monoisotopic (exact) mass is 407 g/mol. The van der Waals surface area contributed by atoms with Crippen molar-refractivity contribution in [3.8, 4) is 11.4 Å². The van der Waals surface area contributed by atoms with Crippen LogP contribution in [0.5, 0.6) is 5.75 Å². The molecule has 3 heterocycles. The molecule has 1 aromatic carbocycles. The lowest BCUT2D eigenvalue weighted by Crippen LogP contribution is -2.23. The van der Waals surface area contributed by atoms with Gasteiger partial charge in [0.1, 0.15) is 5.75 Å². The van der Waals surface area contributed by atoms with E-state index in [4.69, 9.17) is 16.3 Å². The van der Waals surface area contributed by atoms with Crippen molar-refractivity contribution in [2.75, 3.05) is 7.11 Å². The van der Waals surface area contributed by atoms with E-state index in [0.29, 0.717) is 39.6 Å². The van der Waals surface area contributed by atoms with Crippen LogP contribution < -0.4 is 10.1 Å². The lowest BCUT2D eigenvalue weighted by atomic mass is 10.2. The minimum Gasteiger partial charge on any atom is -0.497 e. The molecule has 29 heavy (non-hydrogen) atoms. The van der Waals surface area contributed by atoms with E-state index in [0.717, 1.165) is 11.3 Å². The highest BCUT2D eigenvalue weighted by molar-refractivity contribution is 6.38. The number of hydrogen-bond acceptors (Lipinski definition) is 5. The first-order chi connectivity index (χ1) is 14.1. The fraction of sp³-hybridized carbons (Fsp3) is 0.143. The zero-order valence-corrected chi connectivity index (χ0v) is 16.6. The van der Waals surface area contributed by atoms with Gasteiger partial charge in [-0.15, -0.1) is 0 Å². The van der Waals surface area contributed by atoms with Gasteiger partial charge in [-0.05, 0) is 36.8 Å². The molecule has 4 aromatic rings. The van der Waals surface area contributed by atoms with Crippen LogP contribution in [0.4, 0.5) is 0 Å². The Kier molecular flexibility index (Phi) is 5.14. The van der Waals surface area contributed by atoms with Gasteiger partial charge in [0.05, 0.1) is 34.5 Å². The van der Waals surface area contributed by atoms with Gasteiger partial charge in [-0.1, -0.05) is 17.7 Å². The number of ether oxygens (including phenoxy) is 1. The molecule has 0 saturated heterocycles. The van der Waals surface area contributed by atoms with Crippen LogP contribution in [0.2, 0.25) is 5.02 Å². The van der Waals surface area contributed by atoms with Crippen LogP contribution in [0.15, 0.2) is 55.0 Å². The summed E-state index contributed by atoms with van der Waals surface area (Å²) < 4.78 is 6.98. The van der Waals surface area contributed by atoms with Crippen molar-refractivity contribution in [2.45, 2.75) is 13.5 Å².